The van der Waals surface area contributed by atoms with Crippen LogP contribution in [0.4, 0.5) is 27.3 Å². The van der Waals surface area contributed by atoms with Crippen LogP contribution in [-0.4, -0.2) is 39.7 Å². The maximum absolute atomic E-state index is 14.9. The highest BCUT2D eigenvalue weighted by atomic mass is 35.5. The monoisotopic (exact) mass is 496 g/mol. The van der Waals surface area contributed by atoms with Gasteiger partial charge < -0.3 is 15.0 Å². The number of aryl methyl sites for hydroxylation is 1. The van der Waals surface area contributed by atoms with Crippen molar-refractivity contribution in [2.24, 2.45) is 0 Å². The van der Waals surface area contributed by atoms with Crippen LogP contribution in [0.2, 0.25) is 5.02 Å². The van der Waals surface area contributed by atoms with Gasteiger partial charge in [0, 0.05) is 31.6 Å². The van der Waals surface area contributed by atoms with E-state index >= 15 is 0 Å². The lowest BCUT2D eigenvalue weighted by Crippen LogP contribution is -2.23. The van der Waals surface area contributed by atoms with Crippen molar-refractivity contribution in [2.75, 3.05) is 35.1 Å². The van der Waals surface area contributed by atoms with E-state index in [1.54, 1.807) is 7.11 Å². The maximum Gasteiger partial charge on any atom is 0.266 e. The quantitative estimate of drug-likeness (QED) is 0.478. The Kier molecular flexibility index (Phi) is 6.57. The molecule has 1 saturated heterocycles. The molecule has 170 valence electrons. The van der Waals surface area contributed by atoms with E-state index in [4.69, 9.17) is 16.3 Å². The summed E-state index contributed by atoms with van der Waals surface area (Å²) in [6, 6.07) is 8.06. The van der Waals surface area contributed by atoms with Crippen molar-refractivity contribution in [3.63, 3.8) is 0 Å². The van der Waals surface area contributed by atoms with Crippen LogP contribution in [0, 0.1) is 12.7 Å². The molecule has 2 N–H and O–H groups in total. The SMILES string of the molecule is COC1CCN(c2cc(C)ccc2Nc2cc(F)c(S(=O)(=O)Nc3cscn3)cc2Cl)C1. The van der Waals surface area contributed by atoms with Crippen LogP contribution < -0.4 is 14.9 Å². The first-order valence-electron chi connectivity index (χ1n) is 9.82. The summed E-state index contributed by atoms with van der Waals surface area (Å²) in [6.45, 7) is 3.58. The number of benzene rings is 2. The van der Waals surface area contributed by atoms with Crippen molar-refractivity contribution in [1.29, 1.82) is 0 Å². The Labute approximate surface area is 195 Å². The van der Waals surface area contributed by atoms with Crippen molar-refractivity contribution in [3.8, 4) is 0 Å². The van der Waals surface area contributed by atoms with Crippen LogP contribution >= 0.6 is 22.9 Å². The molecule has 1 unspecified atom stereocenters. The molecule has 2 aromatic carbocycles. The lowest BCUT2D eigenvalue weighted by Gasteiger charge is -2.23. The Morgan fingerprint density at radius 2 is 2.09 bits per heavy atom. The summed E-state index contributed by atoms with van der Waals surface area (Å²) in [6.07, 6.45) is 1.07. The summed E-state index contributed by atoms with van der Waals surface area (Å²) in [4.78, 5) is 5.52. The molecule has 7 nitrogen and oxygen atoms in total. The van der Waals surface area contributed by atoms with Crippen LogP contribution in [0.15, 0.2) is 46.1 Å². The van der Waals surface area contributed by atoms with E-state index in [0.29, 0.717) is 0 Å². The van der Waals surface area contributed by atoms with E-state index in [9.17, 15) is 12.8 Å². The molecule has 11 heteroatoms. The first kappa shape index (κ1) is 22.8. The van der Waals surface area contributed by atoms with Crippen molar-refractivity contribution >= 4 is 55.8 Å². The zero-order valence-corrected chi connectivity index (χ0v) is 19.8. The highest BCUT2D eigenvalue weighted by molar-refractivity contribution is 7.92. The molecule has 2 heterocycles. The van der Waals surface area contributed by atoms with E-state index < -0.39 is 20.7 Å². The molecule has 1 fully saturated rings. The van der Waals surface area contributed by atoms with Crippen LogP contribution in [0.1, 0.15) is 12.0 Å². The number of methoxy groups -OCH3 is 1. The number of hydrogen-bond acceptors (Lipinski definition) is 7. The van der Waals surface area contributed by atoms with Gasteiger partial charge in [-0.05, 0) is 37.1 Å². The molecular formula is C21H22ClFN4O3S2. The van der Waals surface area contributed by atoms with Gasteiger partial charge in [-0.2, -0.15) is 0 Å². The Bertz CT molecular complexity index is 1220. The van der Waals surface area contributed by atoms with Gasteiger partial charge in [-0.15, -0.1) is 11.3 Å². The molecule has 1 aliphatic rings. The van der Waals surface area contributed by atoms with Crippen molar-refractivity contribution in [3.05, 3.63) is 57.6 Å². The van der Waals surface area contributed by atoms with E-state index in [0.717, 1.165) is 48.6 Å². The largest absolute Gasteiger partial charge is 0.380 e. The van der Waals surface area contributed by atoms with Crippen LogP contribution in [0.5, 0.6) is 0 Å². The lowest BCUT2D eigenvalue weighted by molar-refractivity contribution is 0.121. The maximum atomic E-state index is 14.9. The topological polar surface area (TPSA) is 83.6 Å². The smallest absolute Gasteiger partial charge is 0.266 e. The molecule has 1 aliphatic heterocycles. The van der Waals surface area contributed by atoms with Gasteiger partial charge in [-0.1, -0.05) is 17.7 Å². The Morgan fingerprint density at radius 1 is 1.28 bits per heavy atom. The Balaban J connectivity index is 1.63. The number of rotatable bonds is 7. The van der Waals surface area contributed by atoms with E-state index in [-0.39, 0.29) is 22.6 Å². The minimum atomic E-state index is -4.18. The summed E-state index contributed by atoms with van der Waals surface area (Å²) in [7, 11) is -2.48. The molecule has 3 aromatic rings. The highest BCUT2D eigenvalue weighted by Crippen LogP contribution is 2.36. The predicted octanol–water partition coefficient (Wildman–Crippen LogP) is 5.01. The van der Waals surface area contributed by atoms with Gasteiger partial charge in [0.15, 0.2) is 5.82 Å². The highest BCUT2D eigenvalue weighted by Gasteiger charge is 2.25. The number of nitrogens with one attached hydrogen (secondary N) is 2. The van der Waals surface area contributed by atoms with Gasteiger partial charge in [0.05, 0.1) is 33.7 Å². The average Bonchev–Trinajstić information content (AvgIpc) is 3.43. The second-order valence-electron chi connectivity index (χ2n) is 7.48. The molecule has 0 saturated carbocycles. The second-order valence-corrected chi connectivity index (χ2v) is 10.3. The molecule has 0 radical (unpaired) electrons. The number of thiazole rings is 1. The third-order valence-electron chi connectivity index (χ3n) is 5.22. The van der Waals surface area contributed by atoms with E-state index in [1.165, 1.54) is 22.2 Å². The third-order valence-corrected chi connectivity index (χ3v) is 7.49. The predicted molar refractivity (Wildman–Crippen MR) is 126 cm³/mol. The van der Waals surface area contributed by atoms with Gasteiger partial charge in [-0.25, -0.2) is 17.8 Å². The van der Waals surface area contributed by atoms with Gasteiger partial charge in [0.25, 0.3) is 10.0 Å². The molecule has 0 aliphatic carbocycles. The summed E-state index contributed by atoms with van der Waals surface area (Å²) in [5.41, 5.74) is 4.51. The number of nitrogens with zero attached hydrogens (tertiary/aromatic N) is 2. The number of anilines is 4. The Morgan fingerprint density at radius 3 is 2.78 bits per heavy atom. The fraction of sp³-hybridized carbons (Fsp3) is 0.286. The number of sulfonamides is 1. The van der Waals surface area contributed by atoms with Crippen molar-refractivity contribution in [2.45, 2.75) is 24.3 Å². The molecule has 1 atom stereocenters. The number of hydrogen-bond donors (Lipinski definition) is 2. The molecular weight excluding hydrogens is 475 g/mol. The second kappa shape index (κ2) is 9.22. The van der Waals surface area contributed by atoms with Crippen LogP contribution in [0.25, 0.3) is 0 Å². The molecule has 0 bridgehead atoms. The minimum absolute atomic E-state index is 0.0766. The molecule has 1 aromatic heterocycles. The first-order valence-corrected chi connectivity index (χ1v) is 12.6. The normalized spacial score (nSPS) is 16.4. The van der Waals surface area contributed by atoms with Gasteiger partial charge in [-0.3, -0.25) is 4.72 Å². The lowest BCUT2D eigenvalue weighted by atomic mass is 10.1. The standard InChI is InChI=1S/C21H22ClFN4O3S2/c1-13-3-4-17(19(7-13)27-6-5-14(10-27)30-2)25-18-9-16(23)20(8-15(18)22)32(28,29)26-21-11-31-12-24-21/h3-4,7-9,11-12,14,25-26H,5-6,10H2,1-2H3. The fourth-order valence-electron chi connectivity index (χ4n) is 3.58. The molecule has 0 spiro atoms. The van der Waals surface area contributed by atoms with Crippen LogP contribution in [-0.2, 0) is 14.8 Å². The number of ether oxygens (including phenoxy) is 1. The van der Waals surface area contributed by atoms with Crippen LogP contribution in [0.3, 0.4) is 0 Å². The van der Waals surface area contributed by atoms with Gasteiger partial charge in [0.1, 0.15) is 10.7 Å². The summed E-state index contributed by atoms with van der Waals surface area (Å²) >= 11 is 7.58. The first-order chi connectivity index (χ1) is 15.3. The van der Waals surface area contributed by atoms with Gasteiger partial charge in [0.2, 0.25) is 0 Å². The summed E-state index contributed by atoms with van der Waals surface area (Å²) in [5.74, 6) is -0.800. The van der Waals surface area contributed by atoms with E-state index in [2.05, 4.69) is 19.9 Å². The fourth-order valence-corrected chi connectivity index (χ4v) is 5.50. The van der Waals surface area contributed by atoms with Crippen molar-refractivity contribution < 1.29 is 17.5 Å². The number of halogens is 2. The average molecular weight is 497 g/mol. The molecule has 0 amide bonds. The third kappa shape index (κ3) is 4.83. The van der Waals surface area contributed by atoms with E-state index in [1.807, 2.05) is 25.1 Å². The van der Waals surface area contributed by atoms with Gasteiger partial charge >= 0.3 is 0 Å². The van der Waals surface area contributed by atoms with Crippen molar-refractivity contribution in [1.82, 2.24) is 4.98 Å². The summed E-state index contributed by atoms with van der Waals surface area (Å²) in [5, 5.41) is 4.75. The number of aromatic nitrogens is 1. The summed E-state index contributed by atoms with van der Waals surface area (Å²) < 4.78 is 47.7. The zero-order chi connectivity index (χ0) is 22.9. The minimum Gasteiger partial charge on any atom is -0.380 e. The Hall–Kier alpha value is -2.40. The molecule has 4 rings (SSSR count). The molecule has 32 heavy (non-hydrogen) atoms. The zero-order valence-electron chi connectivity index (χ0n) is 17.4.